The van der Waals surface area contributed by atoms with Crippen molar-refractivity contribution in [1.29, 1.82) is 0 Å². The first-order valence-electron chi connectivity index (χ1n) is 11.4. The molecule has 11 heteroatoms. The van der Waals surface area contributed by atoms with Crippen LogP contribution >= 0.6 is 56.9 Å². The third-order valence-electron chi connectivity index (χ3n) is 5.21. The maximum absolute atomic E-state index is 13.4. The standard InChI is InChI=1S/C27H21FI2N2O5S/c1-2-36-20-8-6-19(7-9-20)31-24(33)14-32-26(34)23(38-27(32)35)13-17-11-21(29)25(22(30)12-17)37-15-16-4-3-5-18(28)10-16/h3-13H,2,14-15H2,1H3,(H,31,33)/b23-13+. The normalized spacial score (nSPS) is 14.2. The monoisotopic (exact) mass is 758 g/mol. The van der Waals surface area contributed by atoms with Crippen LogP contribution in [0, 0.1) is 13.0 Å². The van der Waals surface area contributed by atoms with Gasteiger partial charge in [-0.2, -0.15) is 0 Å². The summed E-state index contributed by atoms with van der Waals surface area (Å²) >= 11 is 5.05. The van der Waals surface area contributed by atoms with Gasteiger partial charge in [-0.15, -0.1) is 0 Å². The molecule has 196 valence electrons. The molecule has 7 nitrogen and oxygen atoms in total. The first-order valence-corrected chi connectivity index (χ1v) is 14.3. The van der Waals surface area contributed by atoms with E-state index in [0.29, 0.717) is 34.9 Å². The number of nitrogens with zero attached hydrogens (tertiary/aromatic N) is 1. The summed E-state index contributed by atoms with van der Waals surface area (Å²) in [7, 11) is 0. The minimum absolute atomic E-state index is 0.209. The van der Waals surface area contributed by atoms with Gasteiger partial charge < -0.3 is 14.8 Å². The second-order valence-electron chi connectivity index (χ2n) is 8.01. The zero-order valence-corrected chi connectivity index (χ0v) is 25.1. The quantitative estimate of drug-likeness (QED) is 0.194. The van der Waals surface area contributed by atoms with E-state index in [0.717, 1.165) is 23.8 Å². The highest BCUT2D eigenvalue weighted by molar-refractivity contribution is 14.1. The van der Waals surface area contributed by atoms with E-state index in [9.17, 15) is 18.8 Å². The van der Waals surface area contributed by atoms with Gasteiger partial charge in [-0.25, -0.2) is 4.39 Å². The minimum Gasteiger partial charge on any atom is -0.494 e. The maximum atomic E-state index is 13.4. The number of thioether (sulfide) groups is 1. The van der Waals surface area contributed by atoms with Gasteiger partial charge in [0.1, 0.15) is 30.5 Å². The molecule has 0 spiro atoms. The van der Waals surface area contributed by atoms with E-state index >= 15 is 0 Å². The fraction of sp³-hybridized carbons (Fsp3) is 0.148. The van der Waals surface area contributed by atoms with Crippen molar-refractivity contribution in [3.63, 3.8) is 0 Å². The lowest BCUT2D eigenvalue weighted by atomic mass is 10.2. The molecule has 0 aliphatic carbocycles. The van der Waals surface area contributed by atoms with E-state index in [1.54, 1.807) is 42.5 Å². The number of imide groups is 1. The molecular formula is C27H21FI2N2O5S. The van der Waals surface area contributed by atoms with Crippen LogP contribution in [0.1, 0.15) is 18.1 Å². The van der Waals surface area contributed by atoms with Gasteiger partial charge >= 0.3 is 0 Å². The number of carbonyl (C=O) groups is 3. The van der Waals surface area contributed by atoms with Crippen LogP contribution in [0.2, 0.25) is 0 Å². The molecule has 4 rings (SSSR count). The Morgan fingerprint density at radius 3 is 2.42 bits per heavy atom. The Labute approximate surface area is 250 Å². The van der Waals surface area contributed by atoms with E-state index < -0.39 is 23.6 Å². The summed E-state index contributed by atoms with van der Waals surface area (Å²) in [6.07, 6.45) is 1.62. The molecule has 1 N–H and O–H groups in total. The van der Waals surface area contributed by atoms with Crippen LogP contribution in [0.15, 0.2) is 65.6 Å². The number of ether oxygens (including phenoxy) is 2. The molecule has 0 atom stereocenters. The molecule has 3 aromatic rings. The first-order chi connectivity index (χ1) is 18.2. The summed E-state index contributed by atoms with van der Waals surface area (Å²) in [5.41, 5.74) is 1.95. The molecule has 38 heavy (non-hydrogen) atoms. The number of carbonyl (C=O) groups excluding carboxylic acids is 3. The van der Waals surface area contributed by atoms with Crippen LogP contribution in [-0.4, -0.2) is 35.1 Å². The highest BCUT2D eigenvalue weighted by Crippen LogP contribution is 2.35. The molecular weight excluding hydrogens is 737 g/mol. The number of anilines is 1. The van der Waals surface area contributed by atoms with Crippen molar-refractivity contribution in [1.82, 2.24) is 4.90 Å². The van der Waals surface area contributed by atoms with Crippen LogP contribution in [0.3, 0.4) is 0 Å². The molecule has 1 heterocycles. The lowest BCUT2D eigenvalue weighted by molar-refractivity contribution is -0.127. The molecule has 1 aliphatic heterocycles. The third kappa shape index (κ3) is 7.26. The lowest BCUT2D eigenvalue weighted by Crippen LogP contribution is -2.36. The van der Waals surface area contributed by atoms with Crippen LogP contribution in [0.4, 0.5) is 14.9 Å². The van der Waals surface area contributed by atoms with E-state index in [4.69, 9.17) is 9.47 Å². The zero-order chi connectivity index (χ0) is 27.2. The number of hydrogen-bond donors (Lipinski definition) is 1. The zero-order valence-electron chi connectivity index (χ0n) is 20.0. The summed E-state index contributed by atoms with van der Waals surface area (Å²) < 4.78 is 26.3. The number of rotatable bonds is 9. The number of hydrogen-bond acceptors (Lipinski definition) is 6. The fourth-order valence-electron chi connectivity index (χ4n) is 3.52. The fourth-order valence-corrected chi connectivity index (χ4v) is 6.48. The van der Waals surface area contributed by atoms with Crippen molar-refractivity contribution in [3.05, 3.63) is 89.7 Å². The molecule has 3 aromatic carbocycles. The van der Waals surface area contributed by atoms with Crippen molar-refractivity contribution in [2.24, 2.45) is 0 Å². The van der Waals surface area contributed by atoms with Gasteiger partial charge in [0, 0.05) is 5.69 Å². The molecule has 0 aromatic heterocycles. The molecule has 0 saturated carbocycles. The average molecular weight is 758 g/mol. The van der Waals surface area contributed by atoms with Gasteiger partial charge in [0.05, 0.1) is 18.7 Å². The molecule has 0 radical (unpaired) electrons. The minimum atomic E-state index is -0.529. The first kappa shape index (κ1) is 28.4. The Kier molecular flexibility index (Phi) is 9.65. The average Bonchev–Trinajstić information content (AvgIpc) is 3.12. The summed E-state index contributed by atoms with van der Waals surface area (Å²) in [6.45, 7) is 2.23. The van der Waals surface area contributed by atoms with Crippen molar-refractivity contribution in [2.45, 2.75) is 13.5 Å². The smallest absolute Gasteiger partial charge is 0.294 e. The predicted molar refractivity (Wildman–Crippen MR) is 162 cm³/mol. The van der Waals surface area contributed by atoms with Gasteiger partial charge in [0.25, 0.3) is 11.1 Å². The number of benzene rings is 3. The maximum Gasteiger partial charge on any atom is 0.294 e. The Morgan fingerprint density at radius 1 is 1.05 bits per heavy atom. The number of amides is 3. The van der Waals surface area contributed by atoms with Gasteiger partial charge in [0.15, 0.2) is 0 Å². The Hall–Kier alpha value is -2.65. The van der Waals surface area contributed by atoms with Crippen LogP contribution < -0.4 is 14.8 Å². The van der Waals surface area contributed by atoms with Crippen LogP contribution in [0.5, 0.6) is 11.5 Å². The van der Waals surface area contributed by atoms with Crippen molar-refractivity contribution in [2.75, 3.05) is 18.5 Å². The molecule has 0 bridgehead atoms. The molecule has 3 amide bonds. The van der Waals surface area contributed by atoms with Crippen molar-refractivity contribution in [3.8, 4) is 11.5 Å². The Balaban J connectivity index is 1.40. The number of nitrogens with one attached hydrogen (secondary N) is 1. The van der Waals surface area contributed by atoms with E-state index in [2.05, 4.69) is 50.5 Å². The molecule has 1 fully saturated rings. The molecule has 1 saturated heterocycles. The topological polar surface area (TPSA) is 84.9 Å². The van der Waals surface area contributed by atoms with Crippen LogP contribution in [0.25, 0.3) is 6.08 Å². The summed E-state index contributed by atoms with van der Waals surface area (Å²) in [5.74, 6) is -0.0166. The van der Waals surface area contributed by atoms with E-state index in [-0.39, 0.29) is 17.3 Å². The molecule has 0 unspecified atom stereocenters. The Bertz CT molecular complexity index is 1390. The molecule has 1 aliphatic rings. The SMILES string of the molecule is CCOc1ccc(NC(=O)CN2C(=O)S/C(=C/c3cc(I)c(OCc4cccc(F)c4)c(I)c3)C2=O)cc1. The van der Waals surface area contributed by atoms with E-state index in [1.165, 1.54) is 12.1 Å². The Morgan fingerprint density at radius 2 is 1.76 bits per heavy atom. The second kappa shape index (κ2) is 12.9. The van der Waals surface area contributed by atoms with Gasteiger partial charge in [-0.1, -0.05) is 12.1 Å². The van der Waals surface area contributed by atoms with Crippen molar-refractivity contribution < 1.29 is 28.2 Å². The second-order valence-corrected chi connectivity index (χ2v) is 11.3. The highest BCUT2D eigenvalue weighted by atomic mass is 127. The lowest BCUT2D eigenvalue weighted by Gasteiger charge is -2.13. The van der Waals surface area contributed by atoms with Crippen LogP contribution in [-0.2, 0) is 16.2 Å². The number of halogens is 3. The highest BCUT2D eigenvalue weighted by Gasteiger charge is 2.36. The summed E-state index contributed by atoms with van der Waals surface area (Å²) in [4.78, 5) is 39.1. The van der Waals surface area contributed by atoms with E-state index in [1.807, 2.05) is 19.1 Å². The van der Waals surface area contributed by atoms with Crippen molar-refractivity contribution >= 4 is 85.8 Å². The predicted octanol–water partition coefficient (Wildman–Crippen LogP) is 6.69. The summed E-state index contributed by atoms with van der Waals surface area (Å²) in [5, 5.41) is 2.17. The van der Waals surface area contributed by atoms with Gasteiger partial charge in [0.2, 0.25) is 5.91 Å². The van der Waals surface area contributed by atoms with Gasteiger partial charge in [-0.05, 0) is 130 Å². The summed E-state index contributed by atoms with van der Waals surface area (Å²) in [6, 6.07) is 16.7. The van der Waals surface area contributed by atoms with Gasteiger partial charge in [-0.3, -0.25) is 19.3 Å². The largest absolute Gasteiger partial charge is 0.494 e. The third-order valence-corrected chi connectivity index (χ3v) is 7.72.